The summed E-state index contributed by atoms with van der Waals surface area (Å²) in [5.41, 5.74) is 2.67. The van der Waals surface area contributed by atoms with Crippen LogP contribution >= 0.6 is 0 Å². The maximum absolute atomic E-state index is 9.20. The van der Waals surface area contributed by atoms with Gasteiger partial charge in [0.15, 0.2) is 17.0 Å². The van der Waals surface area contributed by atoms with E-state index in [9.17, 15) is 5.11 Å². The molecule has 0 amide bonds. The second kappa shape index (κ2) is 10.3. The molecular weight excluding hydrogens is 364 g/mol. The highest BCUT2D eigenvalue weighted by molar-refractivity contribution is 5.86. The second-order valence-corrected chi connectivity index (χ2v) is 7.13. The molecule has 0 aliphatic rings. The molecule has 29 heavy (non-hydrogen) atoms. The van der Waals surface area contributed by atoms with Crippen molar-refractivity contribution in [1.29, 1.82) is 0 Å². The van der Waals surface area contributed by atoms with E-state index in [2.05, 4.69) is 45.7 Å². The van der Waals surface area contributed by atoms with E-state index in [1.165, 1.54) is 0 Å². The van der Waals surface area contributed by atoms with Crippen molar-refractivity contribution >= 4 is 17.0 Å². The van der Waals surface area contributed by atoms with Crippen LogP contribution in [0.15, 0.2) is 30.3 Å². The lowest BCUT2D eigenvalue weighted by molar-refractivity contribution is 0.294. The first-order valence-corrected chi connectivity index (χ1v) is 10.5. The van der Waals surface area contributed by atoms with Crippen molar-refractivity contribution in [2.45, 2.75) is 40.2 Å². The molecule has 2 aromatic heterocycles. The van der Waals surface area contributed by atoms with Gasteiger partial charge in [-0.25, -0.2) is 15.0 Å². The first-order valence-electron chi connectivity index (χ1n) is 10.5. The maximum atomic E-state index is 9.20. The predicted molar refractivity (Wildman–Crippen MR) is 118 cm³/mol. The van der Waals surface area contributed by atoms with Gasteiger partial charge in [-0.3, -0.25) is 0 Å². The number of aryl methyl sites for hydroxylation is 2. The summed E-state index contributed by atoms with van der Waals surface area (Å²) in [6, 6.07) is 10.2. The molecule has 3 aromatic rings. The van der Waals surface area contributed by atoms with Crippen molar-refractivity contribution in [2.75, 3.05) is 38.1 Å². The van der Waals surface area contributed by atoms with Crippen LogP contribution in [0.1, 0.15) is 32.5 Å². The number of unbranched alkanes of at least 4 members (excludes halogenated alkanes) is 1. The number of anilines is 1. The first-order chi connectivity index (χ1) is 14.2. The summed E-state index contributed by atoms with van der Waals surface area (Å²) in [7, 11) is 0. The van der Waals surface area contributed by atoms with Gasteiger partial charge in [-0.1, -0.05) is 44.2 Å². The Bertz CT molecular complexity index is 905. The topological polar surface area (TPSA) is 79.1 Å². The van der Waals surface area contributed by atoms with Crippen LogP contribution in [0, 0.1) is 6.92 Å². The van der Waals surface area contributed by atoms with Gasteiger partial charge >= 0.3 is 0 Å². The van der Waals surface area contributed by atoms with Crippen molar-refractivity contribution < 1.29 is 5.11 Å². The molecule has 0 aliphatic heterocycles. The van der Waals surface area contributed by atoms with Gasteiger partial charge in [-0.15, -0.1) is 0 Å². The fourth-order valence-corrected chi connectivity index (χ4v) is 3.57. The molecule has 3 rings (SSSR count). The molecule has 7 nitrogen and oxygen atoms in total. The van der Waals surface area contributed by atoms with Crippen LogP contribution in [-0.4, -0.2) is 62.3 Å². The minimum absolute atomic E-state index is 0.0438. The summed E-state index contributed by atoms with van der Waals surface area (Å²) in [4.78, 5) is 16.6. The lowest BCUT2D eigenvalue weighted by Crippen LogP contribution is -2.24. The van der Waals surface area contributed by atoms with Crippen LogP contribution in [0.25, 0.3) is 22.6 Å². The third-order valence-corrected chi connectivity index (χ3v) is 5.14. The molecule has 0 atom stereocenters. The number of rotatable bonds is 11. The number of nitrogens with one attached hydrogen (secondary N) is 1. The Hall–Kier alpha value is -2.51. The van der Waals surface area contributed by atoms with Gasteiger partial charge in [-0.05, 0) is 39.4 Å². The van der Waals surface area contributed by atoms with E-state index in [-0.39, 0.29) is 6.61 Å². The van der Waals surface area contributed by atoms with Crippen molar-refractivity contribution in [3.8, 4) is 11.4 Å². The molecule has 0 radical (unpaired) electrons. The zero-order chi connectivity index (χ0) is 20.6. The zero-order valence-electron chi connectivity index (χ0n) is 17.7. The predicted octanol–water partition coefficient (Wildman–Crippen LogP) is 3.33. The number of fused-ring (bicyclic) bond motifs is 1. The first kappa shape index (κ1) is 21.2. The smallest absolute Gasteiger partial charge is 0.166 e. The highest BCUT2D eigenvalue weighted by Crippen LogP contribution is 2.28. The minimum atomic E-state index is 0.0438. The lowest BCUT2D eigenvalue weighted by Gasteiger charge is -2.18. The number of aliphatic hydroxyl groups is 1. The summed E-state index contributed by atoms with van der Waals surface area (Å²) >= 11 is 0. The van der Waals surface area contributed by atoms with Gasteiger partial charge in [0.25, 0.3) is 0 Å². The third kappa shape index (κ3) is 5.10. The van der Waals surface area contributed by atoms with Gasteiger partial charge in [0.05, 0.1) is 6.61 Å². The van der Waals surface area contributed by atoms with Gasteiger partial charge < -0.3 is 19.9 Å². The van der Waals surface area contributed by atoms with Crippen LogP contribution in [0.4, 0.5) is 5.82 Å². The maximum Gasteiger partial charge on any atom is 0.166 e. The number of hydrogen-bond acceptors (Lipinski definition) is 6. The number of hydrogen-bond donors (Lipinski definition) is 2. The van der Waals surface area contributed by atoms with Crippen molar-refractivity contribution in [3.63, 3.8) is 0 Å². The lowest BCUT2D eigenvalue weighted by atomic mass is 10.2. The van der Waals surface area contributed by atoms with Crippen LogP contribution in [-0.2, 0) is 6.54 Å². The second-order valence-electron chi connectivity index (χ2n) is 7.13. The fraction of sp³-hybridized carbons (Fsp3) is 0.500. The monoisotopic (exact) mass is 396 g/mol. The average molecular weight is 397 g/mol. The number of benzene rings is 1. The van der Waals surface area contributed by atoms with Crippen LogP contribution < -0.4 is 5.32 Å². The number of aromatic nitrogens is 4. The van der Waals surface area contributed by atoms with E-state index in [1.807, 2.05) is 25.1 Å². The van der Waals surface area contributed by atoms with Crippen molar-refractivity contribution in [1.82, 2.24) is 24.4 Å². The molecule has 0 unspecified atom stereocenters. The number of imidazole rings is 1. The van der Waals surface area contributed by atoms with E-state index >= 15 is 0 Å². The van der Waals surface area contributed by atoms with E-state index in [4.69, 9.17) is 9.97 Å². The quantitative estimate of drug-likeness (QED) is 0.484. The third-order valence-electron chi connectivity index (χ3n) is 5.14. The number of nitrogens with zero attached hydrogens (tertiary/aromatic N) is 5. The Balaban J connectivity index is 1.95. The molecule has 1 aromatic carbocycles. The molecule has 2 N–H and O–H groups in total. The molecule has 0 saturated carbocycles. The Morgan fingerprint density at radius 2 is 1.79 bits per heavy atom. The average Bonchev–Trinajstić information content (AvgIpc) is 3.11. The summed E-state index contributed by atoms with van der Waals surface area (Å²) < 4.78 is 2.21. The zero-order valence-corrected chi connectivity index (χ0v) is 17.7. The normalized spacial score (nSPS) is 11.5. The largest absolute Gasteiger partial charge is 0.395 e. The van der Waals surface area contributed by atoms with E-state index in [0.717, 1.165) is 61.6 Å². The van der Waals surface area contributed by atoms with Gasteiger partial charge in [0.2, 0.25) is 0 Å². The van der Waals surface area contributed by atoms with Crippen LogP contribution in [0.3, 0.4) is 0 Å². The summed E-state index contributed by atoms with van der Waals surface area (Å²) in [5, 5.41) is 12.4. The fourth-order valence-electron chi connectivity index (χ4n) is 3.57. The molecule has 0 saturated heterocycles. The minimum Gasteiger partial charge on any atom is -0.395 e. The molecule has 0 bridgehead atoms. The summed E-state index contributed by atoms with van der Waals surface area (Å²) in [6.07, 6.45) is 2.19. The summed E-state index contributed by atoms with van der Waals surface area (Å²) in [5.74, 6) is 2.29. The molecular formula is C22H32N6O. The van der Waals surface area contributed by atoms with Crippen molar-refractivity contribution in [2.24, 2.45) is 0 Å². The van der Waals surface area contributed by atoms with Gasteiger partial charge in [0, 0.05) is 18.7 Å². The SMILES string of the molecule is CCN(CC)CCCCn1c(-c2ccccc2)nc2c(NCCO)nc(C)nc21. The molecule has 0 spiro atoms. The van der Waals surface area contributed by atoms with Gasteiger partial charge in [0.1, 0.15) is 11.6 Å². The highest BCUT2D eigenvalue weighted by atomic mass is 16.3. The van der Waals surface area contributed by atoms with Crippen molar-refractivity contribution in [3.05, 3.63) is 36.2 Å². The Morgan fingerprint density at radius 3 is 2.48 bits per heavy atom. The molecule has 7 heteroatoms. The van der Waals surface area contributed by atoms with E-state index in [0.29, 0.717) is 18.2 Å². The molecule has 0 fully saturated rings. The molecule has 2 heterocycles. The van der Waals surface area contributed by atoms with Crippen LogP contribution in [0.2, 0.25) is 0 Å². The highest BCUT2D eigenvalue weighted by Gasteiger charge is 2.18. The molecule has 0 aliphatic carbocycles. The van der Waals surface area contributed by atoms with E-state index < -0.39 is 0 Å². The van der Waals surface area contributed by atoms with Crippen LogP contribution in [0.5, 0.6) is 0 Å². The summed E-state index contributed by atoms with van der Waals surface area (Å²) in [6.45, 7) is 10.9. The van der Waals surface area contributed by atoms with Gasteiger partial charge in [-0.2, -0.15) is 0 Å². The Labute approximate surface area is 172 Å². The standard InChI is InChI=1S/C22H32N6O/c1-4-27(5-2)14-9-10-15-28-21(18-11-7-6-8-12-18)26-19-20(23-13-16-29)24-17(3)25-22(19)28/h6-8,11-12,29H,4-5,9-10,13-16H2,1-3H3,(H,23,24,25). The Kier molecular flexibility index (Phi) is 7.55. The Morgan fingerprint density at radius 1 is 1.03 bits per heavy atom. The van der Waals surface area contributed by atoms with E-state index in [1.54, 1.807) is 0 Å². The number of aliphatic hydroxyl groups excluding tert-OH is 1. The molecule has 156 valence electrons.